The molecular formula is C44H50Cl4N6O2. The first kappa shape index (κ1) is 40.7. The smallest absolute Gasteiger partial charge is 0.239 e. The van der Waals surface area contributed by atoms with Gasteiger partial charge >= 0.3 is 0 Å². The Bertz CT molecular complexity index is 1890. The minimum absolute atomic E-state index is 0.0375. The van der Waals surface area contributed by atoms with E-state index in [0.717, 1.165) is 60.2 Å². The van der Waals surface area contributed by atoms with E-state index in [-0.39, 0.29) is 37.0 Å². The zero-order valence-electron chi connectivity index (χ0n) is 31.4. The minimum atomic E-state index is 0.0375. The molecule has 0 aromatic heterocycles. The number of carbonyl (C=O) groups excluding carboxylic acids is 2. The van der Waals surface area contributed by atoms with E-state index in [9.17, 15) is 9.59 Å². The highest BCUT2D eigenvalue weighted by Gasteiger charge is 2.42. The fraction of sp³-hybridized carbons (Fsp3) is 0.409. The van der Waals surface area contributed by atoms with E-state index in [1.54, 1.807) is 0 Å². The highest BCUT2D eigenvalue weighted by atomic mass is 35.5. The summed E-state index contributed by atoms with van der Waals surface area (Å²) < 4.78 is 0. The van der Waals surface area contributed by atoms with Crippen LogP contribution in [0, 0.1) is 0 Å². The lowest BCUT2D eigenvalue weighted by Gasteiger charge is -2.39. The third-order valence-corrected chi connectivity index (χ3v) is 12.6. The van der Waals surface area contributed by atoms with E-state index >= 15 is 0 Å². The van der Waals surface area contributed by atoms with E-state index < -0.39 is 0 Å². The van der Waals surface area contributed by atoms with Crippen molar-refractivity contribution in [1.82, 2.24) is 20.4 Å². The van der Waals surface area contributed by atoms with Crippen molar-refractivity contribution < 1.29 is 9.59 Å². The molecule has 8 rings (SSSR count). The van der Waals surface area contributed by atoms with Gasteiger partial charge in [-0.25, -0.2) is 0 Å². The fourth-order valence-corrected chi connectivity index (χ4v) is 9.56. The highest BCUT2D eigenvalue weighted by molar-refractivity contribution is 6.31. The van der Waals surface area contributed by atoms with Crippen molar-refractivity contribution in [3.8, 4) is 0 Å². The molecule has 56 heavy (non-hydrogen) atoms. The number of hydrogen-bond acceptors (Lipinski definition) is 6. The van der Waals surface area contributed by atoms with Crippen molar-refractivity contribution in [3.05, 3.63) is 128 Å². The van der Waals surface area contributed by atoms with E-state index in [4.69, 9.17) is 46.4 Å². The van der Waals surface area contributed by atoms with Crippen LogP contribution in [-0.2, 0) is 22.7 Å². The summed E-state index contributed by atoms with van der Waals surface area (Å²) in [7, 11) is 0. The summed E-state index contributed by atoms with van der Waals surface area (Å²) in [6.45, 7) is 2.47. The second-order valence-corrected chi connectivity index (χ2v) is 17.3. The molecule has 4 heterocycles. The predicted octanol–water partition coefficient (Wildman–Crippen LogP) is 9.43. The van der Waals surface area contributed by atoms with Crippen LogP contribution in [0.5, 0.6) is 0 Å². The number of rotatable bonds is 12. The molecule has 4 aromatic rings. The Morgan fingerprint density at radius 1 is 0.500 bits per heavy atom. The Morgan fingerprint density at radius 2 is 0.893 bits per heavy atom. The third kappa shape index (κ3) is 11.3. The molecule has 4 fully saturated rings. The quantitative estimate of drug-likeness (QED) is 0.114. The summed E-state index contributed by atoms with van der Waals surface area (Å²) in [6.07, 6.45) is 8.95. The number of nitrogens with zero attached hydrogens (tertiary/aromatic N) is 2. The Kier molecular flexibility index (Phi) is 14.0. The van der Waals surface area contributed by atoms with Crippen molar-refractivity contribution in [2.45, 2.75) is 101 Å². The first-order valence-corrected chi connectivity index (χ1v) is 21.2. The number of piperidine rings is 2. The van der Waals surface area contributed by atoms with Crippen LogP contribution in [-0.4, -0.2) is 71.0 Å². The van der Waals surface area contributed by atoms with E-state index in [2.05, 4.69) is 55.3 Å². The normalized spacial score (nSPS) is 24.1. The summed E-state index contributed by atoms with van der Waals surface area (Å²) in [5, 5.41) is 15.6. The van der Waals surface area contributed by atoms with E-state index in [1.807, 2.05) is 72.8 Å². The average Bonchev–Trinajstić information content (AvgIpc) is 3.55. The average molecular weight is 837 g/mol. The zero-order chi connectivity index (χ0) is 39.0. The molecule has 4 aliphatic heterocycles. The Labute approximate surface area is 350 Å². The number of hydrogen-bond donors (Lipinski definition) is 4. The maximum atomic E-state index is 12.4. The first-order valence-electron chi connectivity index (χ1n) is 19.7. The molecule has 296 valence electrons. The fourth-order valence-electron chi connectivity index (χ4n) is 8.99. The molecule has 4 saturated heterocycles. The SMILES string of the molecule is O=C(CNc1ccc(Cl)cc1)NC1CC2CCC(C1)N2Cc1ccc(Cl)cc1.O=C(CNc1cccc(Cl)c1)NC1CC2CCC(C1)N2Cc1ccc(Cl)cc1. The van der Waals surface area contributed by atoms with Gasteiger partial charge in [-0.2, -0.15) is 0 Å². The molecule has 4 unspecified atom stereocenters. The Balaban J connectivity index is 0.000000172. The largest absolute Gasteiger partial charge is 0.376 e. The topological polar surface area (TPSA) is 88.7 Å². The number of fused-ring (bicyclic) bond motifs is 4. The van der Waals surface area contributed by atoms with Crippen molar-refractivity contribution in [1.29, 1.82) is 0 Å². The highest BCUT2D eigenvalue weighted by Crippen LogP contribution is 2.38. The van der Waals surface area contributed by atoms with E-state index in [1.165, 1.54) is 36.8 Å². The van der Waals surface area contributed by atoms with Gasteiger partial charge in [0.1, 0.15) is 0 Å². The summed E-state index contributed by atoms with van der Waals surface area (Å²) in [5.41, 5.74) is 4.36. The molecular weight excluding hydrogens is 786 g/mol. The lowest BCUT2D eigenvalue weighted by atomic mass is 9.96. The number of halogens is 4. The summed E-state index contributed by atoms with van der Waals surface area (Å²) in [6, 6.07) is 33.8. The lowest BCUT2D eigenvalue weighted by molar-refractivity contribution is -0.121. The molecule has 0 saturated carbocycles. The number of amides is 2. The molecule has 4 N–H and O–H groups in total. The van der Waals surface area contributed by atoms with Crippen LogP contribution in [0.25, 0.3) is 0 Å². The molecule has 4 aliphatic rings. The molecule has 2 amide bonds. The number of anilines is 2. The summed E-state index contributed by atoms with van der Waals surface area (Å²) in [4.78, 5) is 30.0. The van der Waals surface area contributed by atoms with Gasteiger partial charge in [-0.1, -0.05) is 76.7 Å². The molecule has 4 bridgehead atoms. The molecule has 8 nitrogen and oxygen atoms in total. The van der Waals surface area contributed by atoms with Gasteiger partial charge < -0.3 is 21.3 Å². The molecule has 0 aliphatic carbocycles. The maximum absolute atomic E-state index is 12.4. The van der Waals surface area contributed by atoms with Crippen molar-refractivity contribution in [2.24, 2.45) is 0 Å². The molecule has 0 spiro atoms. The maximum Gasteiger partial charge on any atom is 0.239 e. The van der Waals surface area contributed by atoms with Crippen molar-refractivity contribution in [2.75, 3.05) is 23.7 Å². The van der Waals surface area contributed by atoms with Gasteiger partial charge in [-0.3, -0.25) is 19.4 Å². The lowest BCUT2D eigenvalue weighted by Crippen LogP contribution is -2.50. The van der Waals surface area contributed by atoms with Crippen LogP contribution < -0.4 is 21.3 Å². The standard InChI is InChI=1S/2C22H25Cl2N3O/c23-16-3-1-15(2-4-16)14-27-20-9-10-21(27)12-19(11-20)26-22(28)13-25-18-7-5-17(24)6-8-18;23-16-6-4-15(5-7-16)14-27-20-8-9-21(27)12-19(11-20)26-22(28)13-25-18-3-1-2-17(24)10-18/h1-8,19-21,25H,9-14H2,(H,26,28);1-7,10,19-21,25H,8-9,11-14H2,(H,26,28). The molecule has 4 aromatic carbocycles. The Morgan fingerprint density at radius 3 is 1.30 bits per heavy atom. The minimum Gasteiger partial charge on any atom is -0.376 e. The van der Waals surface area contributed by atoms with Crippen LogP contribution in [0.15, 0.2) is 97.1 Å². The van der Waals surface area contributed by atoms with E-state index in [0.29, 0.717) is 34.2 Å². The second kappa shape index (κ2) is 19.3. The molecule has 0 radical (unpaired) electrons. The molecule has 4 atom stereocenters. The van der Waals surface area contributed by atoms with Crippen molar-refractivity contribution in [3.63, 3.8) is 0 Å². The third-order valence-electron chi connectivity index (χ3n) is 11.6. The van der Waals surface area contributed by atoms with Gasteiger partial charge in [-0.15, -0.1) is 0 Å². The zero-order valence-corrected chi connectivity index (χ0v) is 34.4. The van der Waals surface area contributed by atoms with Gasteiger partial charge in [-0.05, 0) is 129 Å². The Hall–Kier alpha value is -3.50. The summed E-state index contributed by atoms with van der Waals surface area (Å²) in [5.74, 6) is 0.0843. The van der Waals surface area contributed by atoms with Crippen LogP contribution in [0.4, 0.5) is 11.4 Å². The first-order chi connectivity index (χ1) is 27.1. The van der Waals surface area contributed by atoms with Crippen molar-refractivity contribution >= 4 is 69.6 Å². The van der Waals surface area contributed by atoms with Crippen LogP contribution in [0.3, 0.4) is 0 Å². The number of benzene rings is 4. The van der Waals surface area contributed by atoms with Crippen LogP contribution in [0.1, 0.15) is 62.5 Å². The predicted molar refractivity (Wildman–Crippen MR) is 230 cm³/mol. The van der Waals surface area contributed by atoms with Gasteiger partial charge in [0.2, 0.25) is 11.8 Å². The van der Waals surface area contributed by atoms with Gasteiger partial charge in [0.15, 0.2) is 0 Å². The van der Waals surface area contributed by atoms with Crippen LogP contribution >= 0.6 is 46.4 Å². The summed E-state index contributed by atoms with van der Waals surface area (Å²) >= 11 is 23.9. The number of carbonyl (C=O) groups is 2. The molecule has 12 heteroatoms. The number of nitrogens with one attached hydrogen (secondary N) is 4. The van der Waals surface area contributed by atoms with Gasteiger partial charge in [0.25, 0.3) is 0 Å². The monoisotopic (exact) mass is 834 g/mol. The van der Waals surface area contributed by atoms with Gasteiger partial charge in [0.05, 0.1) is 13.1 Å². The van der Waals surface area contributed by atoms with Crippen LogP contribution in [0.2, 0.25) is 20.1 Å². The van der Waals surface area contributed by atoms with Gasteiger partial charge in [0, 0.05) is 80.8 Å². The second-order valence-electron chi connectivity index (χ2n) is 15.6.